The number of benzene rings is 2. The summed E-state index contributed by atoms with van der Waals surface area (Å²) in [6.07, 6.45) is 1.41. The fourth-order valence-corrected chi connectivity index (χ4v) is 2.71. The summed E-state index contributed by atoms with van der Waals surface area (Å²) in [5.41, 5.74) is 1.05. The molecular weight excluding hydrogens is 330 g/mol. The average molecular weight is 344 g/mol. The predicted molar refractivity (Wildman–Crippen MR) is 91.5 cm³/mol. The van der Waals surface area contributed by atoms with E-state index in [1.807, 2.05) is 30.3 Å². The maximum atomic E-state index is 12.6. The average Bonchev–Trinajstić information content (AvgIpc) is 2.58. The third kappa shape index (κ3) is 2.89. The second-order valence-electron chi connectivity index (χ2n) is 5.29. The SMILES string of the molecule is CC(=O)N(O)c1ccc2c(=O)n(Cc3ccccc3)cnc2c1Cl. The zero-order chi connectivity index (χ0) is 17.3. The molecule has 0 bridgehead atoms. The van der Waals surface area contributed by atoms with Crippen LogP contribution in [-0.2, 0) is 11.3 Å². The molecule has 0 radical (unpaired) electrons. The molecule has 0 saturated heterocycles. The zero-order valence-corrected chi connectivity index (χ0v) is 13.6. The van der Waals surface area contributed by atoms with Crippen LogP contribution in [0, 0.1) is 0 Å². The lowest BCUT2D eigenvalue weighted by Crippen LogP contribution is -2.25. The summed E-state index contributed by atoms with van der Waals surface area (Å²) < 4.78 is 1.48. The van der Waals surface area contributed by atoms with E-state index in [0.29, 0.717) is 17.0 Å². The van der Waals surface area contributed by atoms with Gasteiger partial charge < -0.3 is 0 Å². The molecule has 122 valence electrons. The van der Waals surface area contributed by atoms with Gasteiger partial charge in [-0.05, 0) is 17.7 Å². The van der Waals surface area contributed by atoms with Crippen molar-refractivity contribution in [2.45, 2.75) is 13.5 Å². The number of carbonyl (C=O) groups is 1. The molecule has 24 heavy (non-hydrogen) atoms. The number of halogens is 1. The standard InChI is InChI=1S/C17H14ClN3O3/c1-11(22)21(24)14-8-7-13-16(15(14)18)19-10-20(17(13)23)9-12-5-3-2-4-6-12/h2-8,10,24H,9H2,1H3. The molecule has 1 N–H and O–H groups in total. The van der Waals surface area contributed by atoms with Gasteiger partial charge in [0.25, 0.3) is 5.56 Å². The molecule has 0 aliphatic rings. The molecule has 1 heterocycles. The first-order valence-corrected chi connectivity index (χ1v) is 7.58. The highest BCUT2D eigenvalue weighted by Crippen LogP contribution is 2.30. The molecule has 7 heteroatoms. The van der Waals surface area contributed by atoms with E-state index in [2.05, 4.69) is 4.98 Å². The van der Waals surface area contributed by atoms with Gasteiger partial charge in [0.05, 0.1) is 34.5 Å². The third-order valence-corrected chi connectivity index (χ3v) is 4.01. The van der Waals surface area contributed by atoms with Crippen LogP contribution in [0.2, 0.25) is 5.02 Å². The monoisotopic (exact) mass is 343 g/mol. The quantitative estimate of drug-likeness (QED) is 0.586. The first kappa shape index (κ1) is 16.2. The molecule has 0 atom stereocenters. The predicted octanol–water partition coefficient (Wildman–Crippen LogP) is 2.84. The molecule has 0 saturated carbocycles. The van der Waals surface area contributed by atoms with Crippen molar-refractivity contribution in [2.24, 2.45) is 0 Å². The Kier molecular flexibility index (Phi) is 4.33. The van der Waals surface area contributed by atoms with Gasteiger partial charge in [0.15, 0.2) is 0 Å². The summed E-state index contributed by atoms with van der Waals surface area (Å²) in [4.78, 5) is 28.1. The third-order valence-electron chi connectivity index (χ3n) is 3.64. The highest BCUT2D eigenvalue weighted by Gasteiger charge is 2.17. The molecule has 6 nitrogen and oxygen atoms in total. The summed E-state index contributed by atoms with van der Waals surface area (Å²) in [5, 5.41) is 10.5. The largest absolute Gasteiger partial charge is 0.294 e. The summed E-state index contributed by atoms with van der Waals surface area (Å²) in [5.74, 6) is -0.589. The van der Waals surface area contributed by atoms with E-state index in [4.69, 9.17) is 11.6 Å². The van der Waals surface area contributed by atoms with E-state index < -0.39 is 5.91 Å². The van der Waals surface area contributed by atoms with Crippen LogP contribution < -0.4 is 10.6 Å². The Labute approximate surface area is 142 Å². The van der Waals surface area contributed by atoms with Crippen molar-refractivity contribution in [1.29, 1.82) is 0 Å². The molecule has 0 aliphatic carbocycles. The minimum Gasteiger partial charge on any atom is -0.294 e. The molecule has 2 aromatic carbocycles. The topological polar surface area (TPSA) is 75.4 Å². The fourth-order valence-electron chi connectivity index (χ4n) is 2.41. The number of hydroxylamine groups is 1. The normalized spacial score (nSPS) is 10.8. The van der Waals surface area contributed by atoms with Crippen molar-refractivity contribution in [3.8, 4) is 0 Å². The van der Waals surface area contributed by atoms with Crippen LogP contribution in [0.25, 0.3) is 10.9 Å². The summed E-state index contributed by atoms with van der Waals surface area (Å²) in [7, 11) is 0. The van der Waals surface area contributed by atoms with Crippen LogP contribution in [0.3, 0.4) is 0 Å². The van der Waals surface area contributed by atoms with Gasteiger partial charge in [-0.2, -0.15) is 5.06 Å². The van der Waals surface area contributed by atoms with Crippen molar-refractivity contribution in [3.63, 3.8) is 0 Å². The lowest BCUT2D eigenvalue weighted by Gasteiger charge is -2.15. The first-order valence-electron chi connectivity index (χ1n) is 7.20. The molecule has 0 unspecified atom stereocenters. The molecule has 3 aromatic rings. The van der Waals surface area contributed by atoms with Crippen molar-refractivity contribution in [3.05, 3.63) is 69.7 Å². The number of rotatable bonds is 3. The van der Waals surface area contributed by atoms with Crippen LogP contribution in [0.5, 0.6) is 0 Å². The minimum atomic E-state index is -0.589. The Morgan fingerprint density at radius 2 is 1.96 bits per heavy atom. The maximum absolute atomic E-state index is 12.6. The van der Waals surface area contributed by atoms with Crippen LogP contribution in [-0.4, -0.2) is 20.7 Å². The van der Waals surface area contributed by atoms with E-state index in [0.717, 1.165) is 5.56 Å². The van der Waals surface area contributed by atoms with E-state index in [1.165, 1.54) is 30.0 Å². The van der Waals surface area contributed by atoms with Crippen molar-refractivity contribution in [1.82, 2.24) is 9.55 Å². The van der Waals surface area contributed by atoms with E-state index in [-0.39, 0.29) is 21.8 Å². The van der Waals surface area contributed by atoms with Gasteiger partial charge in [0, 0.05) is 6.92 Å². The van der Waals surface area contributed by atoms with E-state index in [1.54, 1.807) is 0 Å². The van der Waals surface area contributed by atoms with Crippen molar-refractivity contribution in [2.75, 3.05) is 5.06 Å². The Hall–Kier alpha value is -2.70. The maximum Gasteiger partial charge on any atom is 0.261 e. The Bertz CT molecular complexity index is 970. The second-order valence-corrected chi connectivity index (χ2v) is 5.67. The summed E-state index contributed by atoms with van der Waals surface area (Å²) in [6.45, 7) is 1.59. The highest BCUT2D eigenvalue weighted by molar-refractivity contribution is 6.38. The van der Waals surface area contributed by atoms with Gasteiger partial charge in [0.1, 0.15) is 0 Å². The smallest absolute Gasteiger partial charge is 0.261 e. The Balaban J connectivity index is 2.09. The number of hydrogen-bond donors (Lipinski definition) is 1. The zero-order valence-electron chi connectivity index (χ0n) is 12.8. The van der Waals surface area contributed by atoms with Gasteiger partial charge >= 0.3 is 0 Å². The number of amides is 1. The van der Waals surface area contributed by atoms with Gasteiger partial charge in [-0.3, -0.25) is 19.4 Å². The number of fused-ring (bicyclic) bond motifs is 1. The Morgan fingerprint density at radius 1 is 1.25 bits per heavy atom. The van der Waals surface area contributed by atoms with Gasteiger partial charge in [-0.1, -0.05) is 41.9 Å². The van der Waals surface area contributed by atoms with Crippen molar-refractivity contribution >= 4 is 34.1 Å². The lowest BCUT2D eigenvalue weighted by molar-refractivity contribution is -0.121. The number of anilines is 1. The van der Waals surface area contributed by atoms with Gasteiger partial charge in [-0.25, -0.2) is 4.98 Å². The minimum absolute atomic E-state index is 0.0501. The molecule has 0 fully saturated rings. The molecule has 0 aliphatic heterocycles. The molecule has 3 rings (SSSR count). The van der Waals surface area contributed by atoms with Crippen LogP contribution in [0.4, 0.5) is 5.69 Å². The second kappa shape index (κ2) is 6.43. The fraction of sp³-hybridized carbons (Fsp3) is 0.118. The Morgan fingerprint density at radius 3 is 2.62 bits per heavy atom. The van der Waals surface area contributed by atoms with E-state index in [9.17, 15) is 14.8 Å². The van der Waals surface area contributed by atoms with Crippen LogP contribution >= 0.6 is 11.6 Å². The molecule has 1 aromatic heterocycles. The van der Waals surface area contributed by atoms with Crippen molar-refractivity contribution < 1.29 is 10.0 Å². The van der Waals surface area contributed by atoms with Crippen LogP contribution in [0.15, 0.2) is 53.6 Å². The van der Waals surface area contributed by atoms with Gasteiger partial charge in [0.2, 0.25) is 5.91 Å². The first-order chi connectivity index (χ1) is 11.5. The number of carbonyl (C=O) groups excluding carboxylic acids is 1. The van der Waals surface area contributed by atoms with Gasteiger partial charge in [-0.15, -0.1) is 0 Å². The summed E-state index contributed by atoms with van der Waals surface area (Å²) >= 11 is 6.20. The summed E-state index contributed by atoms with van der Waals surface area (Å²) in [6, 6.07) is 12.5. The van der Waals surface area contributed by atoms with Crippen LogP contribution in [0.1, 0.15) is 12.5 Å². The number of aromatic nitrogens is 2. The lowest BCUT2D eigenvalue weighted by atomic mass is 10.2. The number of hydrogen-bond acceptors (Lipinski definition) is 4. The number of nitrogens with zero attached hydrogens (tertiary/aromatic N) is 3. The molecule has 1 amide bonds. The molecule has 0 spiro atoms. The highest BCUT2D eigenvalue weighted by atomic mass is 35.5. The molecular formula is C17H14ClN3O3. The van der Waals surface area contributed by atoms with E-state index >= 15 is 0 Å².